The smallest absolute Gasteiger partial charge is 0.263 e. The number of amides is 1. The van der Waals surface area contributed by atoms with E-state index in [0.29, 0.717) is 5.41 Å². The summed E-state index contributed by atoms with van der Waals surface area (Å²) in [5.74, 6) is 0.239. The van der Waals surface area contributed by atoms with E-state index < -0.39 is 0 Å². The Morgan fingerprint density at radius 1 is 1.33 bits per heavy atom. The summed E-state index contributed by atoms with van der Waals surface area (Å²) in [7, 11) is 0. The van der Waals surface area contributed by atoms with Crippen molar-refractivity contribution in [2.24, 2.45) is 5.41 Å². The Morgan fingerprint density at radius 3 is 2.78 bits per heavy atom. The summed E-state index contributed by atoms with van der Waals surface area (Å²) in [6.45, 7) is 6.18. The molecule has 1 amide bonds. The first kappa shape index (κ1) is 12.2. The van der Waals surface area contributed by atoms with Gasteiger partial charge in [0.05, 0.1) is 4.88 Å². The molecular formula is C14H20N2OS. The highest BCUT2D eigenvalue weighted by Gasteiger charge is 2.40. The summed E-state index contributed by atoms with van der Waals surface area (Å²) in [6.07, 6.45) is 3.63. The molecule has 2 saturated heterocycles. The van der Waals surface area contributed by atoms with Crippen molar-refractivity contribution in [3.05, 3.63) is 21.9 Å². The van der Waals surface area contributed by atoms with Gasteiger partial charge in [-0.15, -0.1) is 11.3 Å². The molecular weight excluding hydrogens is 244 g/mol. The van der Waals surface area contributed by atoms with Gasteiger partial charge in [-0.25, -0.2) is 0 Å². The molecule has 1 aromatic rings. The Morgan fingerprint density at radius 2 is 2.11 bits per heavy atom. The third kappa shape index (κ3) is 2.19. The molecule has 1 N–H and O–H groups in total. The number of piperidine rings is 1. The Bertz CT molecular complexity index is 448. The molecule has 0 aliphatic carbocycles. The zero-order valence-electron chi connectivity index (χ0n) is 10.9. The minimum Gasteiger partial charge on any atom is -0.337 e. The standard InChI is InChI=1S/C14H20N2OS/c1-11-2-3-12(18-11)13(17)16-9-6-14(10-16)4-7-15-8-5-14/h2-3,15H,4-10H2,1H3. The lowest BCUT2D eigenvalue weighted by molar-refractivity contribution is 0.0766. The number of hydrogen-bond acceptors (Lipinski definition) is 3. The minimum atomic E-state index is 0.239. The summed E-state index contributed by atoms with van der Waals surface area (Å²) in [4.78, 5) is 16.6. The van der Waals surface area contributed by atoms with E-state index in [-0.39, 0.29) is 5.91 Å². The molecule has 2 aliphatic rings. The van der Waals surface area contributed by atoms with Gasteiger partial charge in [0.2, 0.25) is 0 Å². The van der Waals surface area contributed by atoms with Crippen LogP contribution in [0.2, 0.25) is 0 Å². The van der Waals surface area contributed by atoms with Crippen molar-refractivity contribution in [1.29, 1.82) is 0 Å². The molecule has 18 heavy (non-hydrogen) atoms. The Hall–Kier alpha value is -0.870. The number of nitrogens with one attached hydrogen (secondary N) is 1. The normalized spacial score (nSPS) is 22.6. The Balaban J connectivity index is 1.70. The number of aryl methyl sites for hydroxylation is 1. The molecule has 0 bridgehead atoms. The summed E-state index contributed by atoms with van der Waals surface area (Å²) >= 11 is 1.61. The van der Waals surface area contributed by atoms with Crippen molar-refractivity contribution in [3.8, 4) is 0 Å². The van der Waals surface area contributed by atoms with E-state index in [0.717, 1.165) is 31.1 Å². The summed E-state index contributed by atoms with van der Waals surface area (Å²) < 4.78 is 0. The zero-order valence-corrected chi connectivity index (χ0v) is 11.7. The largest absolute Gasteiger partial charge is 0.337 e. The van der Waals surface area contributed by atoms with Crippen molar-refractivity contribution >= 4 is 17.2 Å². The van der Waals surface area contributed by atoms with E-state index >= 15 is 0 Å². The molecule has 3 rings (SSSR count). The van der Waals surface area contributed by atoms with Crippen LogP contribution in [0.3, 0.4) is 0 Å². The molecule has 3 nitrogen and oxygen atoms in total. The number of carbonyl (C=O) groups is 1. The van der Waals surface area contributed by atoms with Crippen LogP contribution in [0.15, 0.2) is 12.1 Å². The molecule has 4 heteroatoms. The molecule has 2 aliphatic heterocycles. The molecule has 0 unspecified atom stereocenters. The lowest BCUT2D eigenvalue weighted by atomic mass is 9.78. The van der Waals surface area contributed by atoms with Gasteiger partial charge in [-0.05, 0) is 56.8 Å². The first-order chi connectivity index (χ1) is 8.69. The van der Waals surface area contributed by atoms with Gasteiger partial charge in [-0.1, -0.05) is 0 Å². The second-order valence-electron chi connectivity index (χ2n) is 5.64. The van der Waals surface area contributed by atoms with Gasteiger partial charge in [0.25, 0.3) is 5.91 Å². The molecule has 1 spiro atoms. The van der Waals surface area contributed by atoms with Crippen LogP contribution < -0.4 is 5.32 Å². The quantitative estimate of drug-likeness (QED) is 0.844. The van der Waals surface area contributed by atoms with Crippen LogP contribution in [0.5, 0.6) is 0 Å². The van der Waals surface area contributed by atoms with Crippen molar-refractivity contribution in [2.45, 2.75) is 26.2 Å². The zero-order chi connectivity index (χ0) is 12.6. The van der Waals surface area contributed by atoms with Crippen LogP contribution in [-0.4, -0.2) is 37.0 Å². The number of carbonyl (C=O) groups excluding carboxylic acids is 1. The maximum atomic E-state index is 12.4. The van der Waals surface area contributed by atoms with E-state index in [9.17, 15) is 4.79 Å². The molecule has 0 saturated carbocycles. The van der Waals surface area contributed by atoms with E-state index in [2.05, 4.69) is 17.1 Å². The maximum absolute atomic E-state index is 12.4. The third-order valence-electron chi connectivity index (χ3n) is 4.34. The van der Waals surface area contributed by atoms with Gasteiger partial charge in [-0.2, -0.15) is 0 Å². The second-order valence-corrected chi connectivity index (χ2v) is 6.92. The van der Waals surface area contributed by atoms with E-state index in [1.807, 2.05) is 12.1 Å². The van der Waals surface area contributed by atoms with Crippen LogP contribution in [0.1, 0.15) is 33.8 Å². The van der Waals surface area contributed by atoms with Crippen LogP contribution in [-0.2, 0) is 0 Å². The van der Waals surface area contributed by atoms with Gasteiger partial charge < -0.3 is 10.2 Å². The van der Waals surface area contributed by atoms with Gasteiger partial charge in [0, 0.05) is 18.0 Å². The summed E-state index contributed by atoms with van der Waals surface area (Å²) in [5, 5.41) is 3.41. The van der Waals surface area contributed by atoms with Crippen molar-refractivity contribution < 1.29 is 4.79 Å². The summed E-state index contributed by atoms with van der Waals surface area (Å²) in [5.41, 5.74) is 0.410. The topological polar surface area (TPSA) is 32.3 Å². The van der Waals surface area contributed by atoms with Crippen LogP contribution in [0, 0.1) is 12.3 Å². The highest BCUT2D eigenvalue weighted by Crippen LogP contribution is 2.39. The average Bonchev–Trinajstić information content (AvgIpc) is 2.97. The Labute approximate surface area is 112 Å². The van der Waals surface area contributed by atoms with Crippen LogP contribution in [0.4, 0.5) is 0 Å². The van der Waals surface area contributed by atoms with Crippen molar-refractivity contribution in [3.63, 3.8) is 0 Å². The molecule has 0 aromatic carbocycles. The first-order valence-electron chi connectivity index (χ1n) is 6.75. The average molecular weight is 264 g/mol. The lowest BCUT2D eigenvalue weighted by Crippen LogP contribution is -2.39. The summed E-state index contributed by atoms with van der Waals surface area (Å²) in [6, 6.07) is 4.00. The minimum absolute atomic E-state index is 0.239. The van der Waals surface area contributed by atoms with E-state index in [4.69, 9.17) is 0 Å². The predicted octanol–water partition coefficient (Wildman–Crippen LogP) is 2.27. The second kappa shape index (κ2) is 4.67. The number of hydrogen-bond donors (Lipinski definition) is 1. The first-order valence-corrected chi connectivity index (χ1v) is 7.57. The molecule has 1 aromatic heterocycles. The highest BCUT2D eigenvalue weighted by molar-refractivity contribution is 7.13. The maximum Gasteiger partial charge on any atom is 0.263 e. The SMILES string of the molecule is Cc1ccc(C(=O)N2CCC3(CCNCC3)C2)s1. The van der Waals surface area contributed by atoms with Crippen LogP contribution >= 0.6 is 11.3 Å². The highest BCUT2D eigenvalue weighted by atomic mass is 32.1. The number of rotatable bonds is 1. The lowest BCUT2D eigenvalue weighted by Gasteiger charge is -2.33. The molecule has 0 atom stereocenters. The van der Waals surface area contributed by atoms with E-state index in [1.54, 1.807) is 11.3 Å². The molecule has 98 valence electrons. The molecule has 0 radical (unpaired) electrons. The fourth-order valence-electron chi connectivity index (χ4n) is 3.18. The van der Waals surface area contributed by atoms with Crippen LogP contribution in [0.25, 0.3) is 0 Å². The van der Waals surface area contributed by atoms with Gasteiger partial charge in [-0.3, -0.25) is 4.79 Å². The van der Waals surface area contributed by atoms with Crippen molar-refractivity contribution in [1.82, 2.24) is 10.2 Å². The van der Waals surface area contributed by atoms with Gasteiger partial charge >= 0.3 is 0 Å². The van der Waals surface area contributed by atoms with Crippen molar-refractivity contribution in [2.75, 3.05) is 26.2 Å². The van der Waals surface area contributed by atoms with Gasteiger partial charge in [0.15, 0.2) is 0 Å². The van der Waals surface area contributed by atoms with E-state index in [1.165, 1.54) is 24.1 Å². The fourth-order valence-corrected chi connectivity index (χ4v) is 4.01. The fraction of sp³-hybridized carbons (Fsp3) is 0.643. The predicted molar refractivity (Wildman–Crippen MR) is 74.1 cm³/mol. The third-order valence-corrected chi connectivity index (χ3v) is 5.33. The monoisotopic (exact) mass is 264 g/mol. The number of likely N-dealkylation sites (tertiary alicyclic amines) is 1. The van der Waals surface area contributed by atoms with Gasteiger partial charge in [0.1, 0.15) is 0 Å². The number of nitrogens with zero attached hydrogens (tertiary/aromatic N) is 1. The Kier molecular flexibility index (Phi) is 3.16. The molecule has 3 heterocycles. The molecule has 2 fully saturated rings. The number of thiophene rings is 1.